The molecule has 39 heavy (non-hydrogen) atoms. The zero-order valence-corrected chi connectivity index (χ0v) is 21.6. The zero-order chi connectivity index (χ0) is 29.8. The summed E-state index contributed by atoms with van der Waals surface area (Å²) >= 11 is 0. The second-order valence-corrected chi connectivity index (χ2v) is 10.0. The number of carbonyl (C=O) groups excluding carboxylic acids is 1. The van der Waals surface area contributed by atoms with E-state index < -0.39 is 34.2 Å². The first kappa shape index (κ1) is 33.0. The molecule has 1 amide bonds. The minimum absolute atomic E-state index is 0.0464. The Morgan fingerprint density at radius 1 is 1.03 bits per heavy atom. The van der Waals surface area contributed by atoms with Gasteiger partial charge in [0.05, 0.1) is 17.7 Å². The molecule has 0 heterocycles. The highest BCUT2D eigenvalue weighted by Crippen LogP contribution is 2.14. The van der Waals surface area contributed by atoms with E-state index in [1.54, 1.807) is 36.4 Å². The number of carbonyl (C=O) groups is 3. The van der Waals surface area contributed by atoms with E-state index in [1.807, 2.05) is 6.92 Å². The number of amides is 1. The highest BCUT2D eigenvalue weighted by molar-refractivity contribution is 7.89. The number of carboxylic acid groups (broad SMARTS) is 2. The van der Waals surface area contributed by atoms with E-state index in [0.717, 1.165) is 11.1 Å². The molecular weight excluding hydrogens is 545 g/mol. The van der Waals surface area contributed by atoms with Crippen LogP contribution in [0.1, 0.15) is 36.0 Å². The molecule has 1 atom stereocenters. The average Bonchev–Trinajstić information content (AvgIpc) is 2.81. The number of aliphatic carboxylic acids is 2. The summed E-state index contributed by atoms with van der Waals surface area (Å²) < 4.78 is 59.3. The van der Waals surface area contributed by atoms with Crippen LogP contribution in [0, 0.1) is 12.3 Å². The van der Waals surface area contributed by atoms with Gasteiger partial charge in [-0.05, 0) is 37.5 Å². The Bertz CT molecular complexity index is 1250. The molecule has 0 spiro atoms. The van der Waals surface area contributed by atoms with Crippen LogP contribution in [0.4, 0.5) is 13.2 Å². The molecule has 0 fully saturated rings. The number of amidine groups is 1. The van der Waals surface area contributed by atoms with E-state index in [9.17, 15) is 31.2 Å². The van der Waals surface area contributed by atoms with Gasteiger partial charge < -0.3 is 21.3 Å². The maximum atomic E-state index is 12.6. The molecule has 7 N–H and O–H groups in total. The molecule has 0 unspecified atom stereocenters. The summed E-state index contributed by atoms with van der Waals surface area (Å²) in [5.74, 6) is -4.13. The molecule has 11 nitrogen and oxygen atoms in total. The van der Waals surface area contributed by atoms with Gasteiger partial charge >= 0.3 is 18.1 Å². The molecule has 0 saturated carbocycles. The number of hydrogen-bond donors (Lipinski definition) is 6. The summed E-state index contributed by atoms with van der Waals surface area (Å²) in [5.41, 5.74) is 7.66. The number of alkyl halides is 3. The van der Waals surface area contributed by atoms with Gasteiger partial charge in [0.2, 0.25) is 15.9 Å². The van der Waals surface area contributed by atoms with Gasteiger partial charge in [-0.3, -0.25) is 15.0 Å². The van der Waals surface area contributed by atoms with Crippen molar-refractivity contribution in [1.29, 1.82) is 5.41 Å². The number of aryl methyl sites for hydroxylation is 1. The van der Waals surface area contributed by atoms with Crippen molar-refractivity contribution in [3.8, 4) is 0 Å². The fraction of sp³-hybridized carbons (Fsp3) is 0.333. The third kappa shape index (κ3) is 12.9. The van der Waals surface area contributed by atoms with Crippen LogP contribution in [0.15, 0.2) is 53.4 Å². The quantitative estimate of drug-likeness (QED) is 0.126. The molecule has 0 aromatic heterocycles. The number of sulfonamides is 1. The maximum Gasteiger partial charge on any atom is 0.490 e. The Morgan fingerprint density at radius 3 is 2.03 bits per heavy atom. The smallest absolute Gasteiger partial charge is 0.481 e. The lowest BCUT2D eigenvalue weighted by atomic mass is 10.1. The van der Waals surface area contributed by atoms with Crippen molar-refractivity contribution in [2.75, 3.05) is 6.54 Å². The topological polar surface area (TPSA) is 200 Å². The highest BCUT2D eigenvalue weighted by Gasteiger charge is 2.38. The van der Waals surface area contributed by atoms with Crippen molar-refractivity contribution in [3.05, 3.63) is 65.2 Å². The van der Waals surface area contributed by atoms with Gasteiger partial charge in [0.15, 0.2) is 0 Å². The molecule has 15 heteroatoms. The van der Waals surface area contributed by atoms with Gasteiger partial charge in [-0.15, -0.1) is 0 Å². The normalized spacial score (nSPS) is 12.0. The van der Waals surface area contributed by atoms with Crippen LogP contribution in [0.2, 0.25) is 0 Å². The van der Waals surface area contributed by atoms with Gasteiger partial charge in [0.1, 0.15) is 5.84 Å². The molecule has 0 bridgehead atoms. The lowest BCUT2D eigenvalue weighted by molar-refractivity contribution is -0.192. The minimum atomic E-state index is -5.08. The second kappa shape index (κ2) is 14.8. The van der Waals surface area contributed by atoms with Crippen molar-refractivity contribution in [2.24, 2.45) is 5.73 Å². The van der Waals surface area contributed by atoms with Crippen molar-refractivity contribution in [1.82, 2.24) is 10.0 Å². The molecule has 0 aliphatic rings. The molecule has 2 rings (SSSR count). The SMILES string of the molecule is Cc1ccc(S(=O)(=O)N[C@@H](CCCNC(=O)Cc2ccc(C(=N)N)cc2)CC(=O)O)cc1.O=C(O)C(F)(F)F. The summed E-state index contributed by atoms with van der Waals surface area (Å²) in [6, 6.07) is 12.3. The first-order valence-electron chi connectivity index (χ1n) is 11.3. The van der Waals surface area contributed by atoms with Crippen molar-refractivity contribution in [2.45, 2.75) is 49.7 Å². The van der Waals surface area contributed by atoms with Crippen LogP contribution in [0.3, 0.4) is 0 Å². The number of halogens is 3. The van der Waals surface area contributed by atoms with Crippen LogP contribution in [0.25, 0.3) is 0 Å². The Hall–Kier alpha value is -3.98. The van der Waals surface area contributed by atoms with Crippen LogP contribution in [-0.2, 0) is 30.8 Å². The third-order valence-electron chi connectivity index (χ3n) is 5.00. The maximum absolute atomic E-state index is 12.6. The zero-order valence-electron chi connectivity index (χ0n) is 20.8. The molecule has 0 radical (unpaired) electrons. The molecule has 0 aliphatic carbocycles. The van der Waals surface area contributed by atoms with Gasteiger partial charge in [0.25, 0.3) is 0 Å². The van der Waals surface area contributed by atoms with Crippen LogP contribution in [-0.4, -0.2) is 61.1 Å². The van der Waals surface area contributed by atoms with Gasteiger partial charge in [0, 0.05) is 18.2 Å². The summed E-state index contributed by atoms with van der Waals surface area (Å²) in [6.45, 7) is 2.12. The minimum Gasteiger partial charge on any atom is -0.481 e. The van der Waals surface area contributed by atoms with Crippen molar-refractivity contribution < 1.29 is 46.2 Å². The summed E-state index contributed by atoms with van der Waals surface area (Å²) in [5, 5.41) is 26.4. The van der Waals surface area contributed by atoms with Crippen molar-refractivity contribution >= 4 is 33.7 Å². The molecule has 214 valence electrons. The van der Waals surface area contributed by atoms with E-state index >= 15 is 0 Å². The Labute approximate surface area is 222 Å². The fourth-order valence-corrected chi connectivity index (χ4v) is 4.32. The van der Waals surface area contributed by atoms with Gasteiger partial charge in [-0.2, -0.15) is 13.2 Å². The van der Waals surface area contributed by atoms with Gasteiger partial charge in [-0.1, -0.05) is 42.0 Å². The fourth-order valence-electron chi connectivity index (χ4n) is 3.04. The first-order valence-corrected chi connectivity index (χ1v) is 12.8. The molecule has 2 aromatic carbocycles. The Kier molecular flexibility index (Phi) is 12.6. The largest absolute Gasteiger partial charge is 0.490 e. The van der Waals surface area contributed by atoms with E-state index in [4.69, 9.17) is 26.2 Å². The number of hydrogen-bond acceptors (Lipinski definition) is 6. The number of rotatable bonds is 12. The monoisotopic (exact) mass is 574 g/mol. The predicted octanol–water partition coefficient (Wildman–Crippen LogP) is 2.17. The molecular formula is C24H29F3N4O7S. The number of benzene rings is 2. The van der Waals surface area contributed by atoms with E-state index in [-0.39, 0.29) is 42.4 Å². The van der Waals surface area contributed by atoms with Crippen LogP contribution in [0.5, 0.6) is 0 Å². The van der Waals surface area contributed by atoms with Gasteiger partial charge in [-0.25, -0.2) is 17.9 Å². The molecule has 0 aliphatic heterocycles. The number of nitrogen functional groups attached to an aromatic ring is 1. The van der Waals surface area contributed by atoms with E-state index in [2.05, 4.69) is 10.0 Å². The standard InChI is InChI=1S/C22H28N4O5S.C2HF3O2/c1-15-4-10-19(11-5-15)32(30,31)26-18(14-21(28)29)3-2-12-25-20(27)13-16-6-8-17(9-7-16)22(23)24;3-2(4,5)1(6)7/h4-11,18,26H,2-3,12-14H2,1H3,(H3,23,24)(H,25,27)(H,28,29);(H,6,7)/t18-;/m0./s1. The number of nitrogens with one attached hydrogen (secondary N) is 3. The number of nitrogens with two attached hydrogens (primary N) is 1. The second-order valence-electron chi connectivity index (χ2n) is 8.31. The number of carboxylic acids is 2. The molecule has 0 saturated heterocycles. The van der Waals surface area contributed by atoms with E-state index in [0.29, 0.717) is 12.0 Å². The lowest BCUT2D eigenvalue weighted by Crippen LogP contribution is -2.37. The summed E-state index contributed by atoms with van der Waals surface area (Å²) in [6.07, 6.45) is -4.63. The van der Waals surface area contributed by atoms with Crippen LogP contribution >= 0.6 is 0 Å². The average molecular weight is 575 g/mol. The summed E-state index contributed by atoms with van der Waals surface area (Å²) in [7, 11) is -3.85. The Morgan fingerprint density at radius 2 is 1.56 bits per heavy atom. The Balaban J connectivity index is 0.000000956. The lowest BCUT2D eigenvalue weighted by Gasteiger charge is -2.17. The highest BCUT2D eigenvalue weighted by atomic mass is 32.2. The first-order chi connectivity index (χ1) is 18.0. The molecule has 2 aromatic rings. The van der Waals surface area contributed by atoms with Crippen LogP contribution < -0.4 is 15.8 Å². The van der Waals surface area contributed by atoms with E-state index in [1.165, 1.54) is 12.1 Å². The predicted molar refractivity (Wildman–Crippen MR) is 135 cm³/mol. The third-order valence-corrected chi connectivity index (χ3v) is 6.53. The summed E-state index contributed by atoms with van der Waals surface area (Å²) in [4.78, 5) is 32.2. The van der Waals surface area contributed by atoms with Crippen molar-refractivity contribution in [3.63, 3.8) is 0 Å².